The first kappa shape index (κ1) is 12.8. The fraction of sp³-hybridized carbons (Fsp3) is 0.583. The molecule has 1 fully saturated rings. The molecule has 2 heterocycles. The summed E-state index contributed by atoms with van der Waals surface area (Å²) in [6.45, 7) is 2.84. The molecular weight excluding hydrogens is 234 g/mol. The molecule has 1 aliphatic heterocycles. The van der Waals surface area contributed by atoms with Crippen molar-refractivity contribution in [3.05, 3.63) is 28.4 Å². The lowest BCUT2D eigenvalue weighted by molar-refractivity contribution is 0.0693. The highest BCUT2D eigenvalue weighted by Crippen LogP contribution is 2.17. The molecule has 0 amide bonds. The van der Waals surface area contributed by atoms with Crippen LogP contribution in [0.25, 0.3) is 0 Å². The molecule has 0 saturated carbocycles. The smallest absolute Gasteiger partial charge is 0.342 e. The highest BCUT2D eigenvalue weighted by Gasteiger charge is 2.17. The average molecular weight is 251 g/mol. The molecule has 6 heteroatoms. The Balaban J connectivity index is 2.08. The molecule has 6 nitrogen and oxygen atoms in total. The minimum atomic E-state index is -1.22. The summed E-state index contributed by atoms with van der Waals surface area (Å²) in [5, 5.41) is 8.87. The first-order chi connectivity index (χ1) is 8.56. The van der Waals surface area contributed by atoms with E-state index in [4.69, 9.17) is 5.11 Å². The van der Waals surface area contributed by atoms with Gasteiger partial charge in [-0.05, 0) is 38.9 Å². The van der Waals surface area contributed by atoms with Crippen LogP contribution >= 0.6 is 0 Å². The van der Waals surface area contributed by atoms with Gasteiger partial charge in [0.1, 0.15) is 5.56 Å². The maximum absolute atomic E-state index is 11.2. The van der Waals surface area contributed by atoms with E-state index in [0.717, 1.165) is 32.5 Å². The third-order valence-electron chi connectivity index (χ3n) is 3.39. The molecule has 0 radical (unpaired) electrons. The quantitative estimate of drug-likeness (QED) is 0.835. The van der Waals surface area contributed by atoms with Gasteiger partial charge < -0.3 is 14.6 Å². The summed E-state index contributed by atoms with van der Waals surface area (Å²) in [5.74, 6) is -0.697. The van der Waals surface area contributed by atoms with Crippen LogP contribution in [0.15, 0.2) is 17.3 Å². The number of hydrogen-bond acceptors (Lipinski definition) is 4. The van der Waals surface area contributed by atoms with Gasteiger partial charge in [-0.1, -0.05) is 0 Å². The summed E-state index contributed by atoms with van der Waals surface area (Å²) in [5.41, 5.74) is -0.937. The summed E-state index contributed by atoms with van der Waals surface area (Å²) in [6, 6.07) is 0. The van der Waals surface area contributed by atoms with Gasteiger partial charge in [0.2, 0.25) is 0 Å². The van der Waals surface area contributed by atoms with E-state index >= 15 is 0 Å². The van der Waals surface area contributed by atoms with Crippen LogP contribution in [0.2, 0.25) is 0 Å². The Bertz CT molecular complexity index is 490. The second-order valence-electron chi connectivity index (χ2n) is 4.84. The maximum atomic E-state index is 11.2. The van der Waals surface area contributed by atoms with Gasteiger partial charge in [-0.3, -0.25) is 4.79 Å². The summed E-state index contributed by atoms with van der Waals surface area (Å²) in [7, 11) is 2.10. The summed E-state index contributed by atoms with van der Waals surface area (Å²) < 4.78 is 1.71. The van der Waals surface area contributed by atoms with Crippen LogP contribution in [-0.4, -0.2) is 45.7 Å². The van der Waals surface area contributed by atoms with E-state index in [1.54, 1.807) is 4.57 Å². The Morgan fingerprint density at radius 3 is 2.78 bits per heavy atom. The van der Waals surface area contributed by atoms with E-state index in [1.807, 2.05) is 0 Å². The predicted octanol–water partition coefficient (Wildman–Crippen LogP) is 0.283. The standard InChI is InChI=1S/C12H17N3O3/c1-14-4-2-9(3-5-14)6-15-7-10(12(17)18)11(16)13-8-15/h7-9H,2-6H2,1H3,(H,17,18). The Kier molecular flexibility index (Phi) is 3.76. The fourth-order valence-electron chi connectivity index (χ4n) is 2.24. The highest BCUT2D eigenvalue weighted by molar-refractivity contribution is 5.86. The Morgan fingerprint density at radius 2 is 2.17 bits per heavy atom. The third-order valence-corrected chi connectivity index (χ3v) is 3.39. The van der Waals surface area contributed by atoms with Gasteiger partial charge in [0, 0.05) is 12.7 Å². The Hall–Kier alpha value is -1.69. The van der Waals surface area contributed by atoms with Crippen molar-refractivity contribution in [1.82, 2.24) is 14.5 Å². The molecular formula is C12H17N3O3. The van der Waals surface area contributed by atoms with Gasteiger partial charge in [-0.2, -0.15) is 4.98 Å². The molecule has 0 bridgehead atoms. The predicted molar refractivity (Wildman–Crippen MR) is 65.7 cm³/mol. The molecule has 98 valence electrons. The van der Waals surface area contributed by atoms with Crippen LogP contribution in [0.3, 0.4) is 0 Å². The molecule has 0 aliphatic carbocycles. The van der Waals surface area contributed by atoms with Crippen LogP contribution in [-0.2, 0) is 6.54 Å². The van der Waals surface area contributed by atoms with E-state index in [9.17, 15) is 9.59 Å². The fourth-order valence-corrected chi connectivity index (χ4v) is 2.24. The first-order valence-corrected chi connectivity index (χ1v) is 6.04. The number of carboxylic acids is 1. The minimum Gasteiger partial charge on any atom is -0.477 e. The van der Waals surface area contributed by atoms with E-state index in [-0.39, 0.29) is 5.56 Å². The molecule has 1 N–H and O–H groups in total. The number of likely N-dealkylation sites (tertiary alicyclic amines) is 1. The first-order valence-electron chi connectivity index (χ1n) is 6.04. The number of nitrogens with zero attached hydrogens (tertiary/aromatic N) is 3. The molecule has 18 heavy (non-hydrogen) atoms. The Labute approximate surface area is 105 Å². The minimum absolute atomic E-state index is 0.259. The van der Waals surface area contributed by atoms with Crippen molar-refractivity contribution in [3.63, 3.8) is 0 Å². The van der Waals surface area contributed by atoms with Gasteiger partial charge in [-0.25, -0.2) is 4.79 Å². The summed E-state index contributed by atoms with van der Waals surface area (Å²) in [6.07, 6.45) is 4.99. The molecule has 0 spiro atoms. The van der Waals surface area contributed by atoms with Crippen LogP contribution in [0.1, 0.15) is 23.2 Å². The lowest BCUT2D eigenvalue weighted by Gasteiger charge is -2.29. The average Bonchev–Trinajstić information content (AvgIpc) is 2.34. The molecule has 0 unspecified atom stereocenters. The highest BCUT2D eigenvalue weighted by atomic mass is 16.4. The van der Waals surface area contributed by atoms with E-state index in [1.165, 1.54) is 12.5 Å². The normalized spacial score (nSPS) is 17.8. The zero-order valence-corrected chi connectivity index (χ0v) is 10.4. The number of carbonyl (C=O) groups is 1. The van der Waals surface area contributed by atoms with Gasteiger partial charge >= 0.3 is 5.97 Å². The largest absolute Gasteiger partial charge is 0.477 e. The maximum Gasteiger partial charge on any atom is 0.342 e. The van der Waals surface area contributed by atoms with E-state index < -0.39 is 11.5 Å². The van der Waals surface area contributed by atoms with Crippen molar-refractivity contribution in [2.45, 2.75) is 19.4 Å². The number of carboxylic acid groups (broad SMARTS) is 1. The van der Waals surface area contributed by atoms with Crippen LogP contribution in [0.4, 0.5) is 0 Å². The van der Waals surface area contributed by atoms with Gasteiger partial charge in [0.25, 0.3) is 5.56 Å². The summed E-state index contributed by atoms with van der Waals surface area (Å²) >= 11 is 0. The SMILES string of the molecule is CN1CCC(Cn2cnc(=O)c(C(=O)O)c2)CC1. The molecule has 0 aromatic carbocycles. The van der Waals surface area contributed by atoms with Crippen LogP contribution < -0.4 is 5.56 Å². The number of piperidine rings is 1. The zero-order chi connectivity index (χ0) is 13.1. The zero-order valence-electron chi connectivity index (χ0n) is 10.4. The number of hydrogen-bond donors (Lipinski definition) is 1. The van der Waals surface area contributed by atoms with E-state index in [0.29, 0.717) is 5.92 Å². The van der Waals surface area contributed by atoms with E-state index in [2.05, 4.69) is 16.9 Å². The van der Waals surface area contributed by atoms with Crippen molar-refractivity contribution in [2.24, 2.45) is 5.92 Å². The van der Waals surface area contributed by atoms with Crippen molar-refractivity contribution in [3.8, 4) is 0 Å². The lowest BCUT2D eigenvalue weighted by atomic mass is 9.97. The molecule has 1 aromatic rings. The molecule has 1 aliphatic rings. The van der Waals surface area contributed by atoms with Gasteiger partial charge in [0.15, 0.2) is 0 Å². The number of rotatable bonds is 3. The van der Waals surface area contributed by atoms with Gasteiger partial charge in [0.05, 0.1) is 6.33 Å². The monoisotopic (exact) mass is 251 g/mol. The van der Waals surface area contributed by atoms with Crippen molar-refractivity contribution >= 4 is 5.97 Å². The number of aromatic nitrogens is 2. The molecule has 0 atom stereocenters. The van der Waals surface area contributed by atoms with Crippen molar-refractivity contribution in [2.75, 3.05) is 20.1 Å². The third kappa shape index (κ3) is 2.95. The second-order valence-corrected chi connectivity index (χ2v) is 4.84. The van der Waals surface area contributed by atoms with Gasteiger partial charge in [-0.15, -0.1) is 0 Å². The van der Waals surface area contributed by atoms with Crippen LogP contribution in [0.5, 0.6) is 0 Å². The number of aromatic carboxylic acids is 1. The Morgan fingerprint density at radius 1 is 1.50 bits per heavy atom. The molecule has 2 rings (SSSR count). The molecule has 1 aromatic heterocycles. The lowest BCUT2D eigenvalue weighted by Crippen LogP contribution is -2.32. The topological polar surface area (TPSA) is 75.4 Å². The van der Waals surface area contributed by atoms with Crippen LogP contribution in [0, 0.1) is 5.92 Å². The van der Waals surface area contributed by atoms with Crippen molar-refractivity contribution in [1.29, 1.82) is 0 Å². The van der Waals surface area contributed by atoms with Crippen molar-refractivity contribution < 1.29 is 9.90 Å². The second kappa shape index (κ2) is 5.30. The molecule has 1 saturated heterocycles. The summed E-state index contributed by atoms with van der Waals surface area (Å²) in [4.78, 5) is 28.0.